The summed E-state index contributed by atoms with van der Waals surface area (Å²) in [4.78, 5) is 16.1. The van der Waals surface area contributed by atoms with Crippen LogP contribution in [0.2, 0.25) is 5.02 Å². The number of hydrogen-bond acceptors (Lipinski definition) is 2. The summed E-state index contributed by atoms with van der Waals surface area (Å²) in [6.07, 6.45) is 1.68. The number of carbonyl (C=O) groups is 1. The van der Waals surface area contributed by atoms with Gasteiger partial charge in [0, 0.05) is 14.2 Å². The number of hydrogen-bond donors (Lipinski definition) is 1. The smallest absolute Gasteiger partial charge is 0.258 e. The van der Waals surface area contributed by atoms with Gasteiger partial charge in [0.2, 0.25) is 0 Å². The quantitative estimate of drug-likeness (QED) is 0.710. The van der Waals surface area contributed by atoms with Gasteiger partial charge in [0.05, 0.1) is 10.6 Å². The minimum Gasteiger partial charge on any atom is -0.307 e. The second-order valence-electron chi connectivity index (χ2n) is 3.42. The van der Waals surface area contributed by atoms with Crippen LogP contribution in [-0.4, -0.2) is 10.9 Å². The molecular weight excluding hydrogens is 430 g/mol. The van der Waals surface area contributed by atoms with Crippen LogP contribution < -0.4 is 5.32 Å². The lowest BCUT2D eigenvalue weighted by atomic mass is 10.2. The van der Waals surface area contributed by atoms with Crippen molar-refractivity contribution in [1.29, 1.82) is 0 Å². The number of anilines is 1. The van der Waals surface area contributed by atoms with Gasteiger partial charge in [-0.1, -0.05) is 17.7 Å². The molecule has 0 aliphatic carbocycles. The van der Waals surface area contributed by atoms with E-state index >= 15 is 0 Å². The van der Waals surface area contributed by atoms with Crippen LogP contribution in [0.3, 0.4) is 0 Å². The monoisotopic (exact) mass is 436 g/mol. The van der Waals surface area contributed by atoms with E-state index in [9.17, 15) is 4.79 Å². The van der Waals surface area contributed by atoms with E-state index in [1.54, 1.807) is 30.5 Å². The molecule has 6 heteroatoms. The van der Waals surface area contributed by atoms with Crippen LogP contribution >= 0.6 is 50.1 Å². The molecule has 1 aromatic carbocycles. The molecule has 0 unspecified atom stereocenters. The summed E-state index contributed by atoms with van der Waals surface area (Å²) in [5.74, 6) is 0.214. The lowest BCUT2D eigenvalue weighted by Gasteiger charge is -2.07. The molecule has 0 atom stereocenters. The molecular formula is C12H7BrClIN2O. The van der Waals surface area contributed by atoms with Gasteiger partial charge in [-0.25, -0.2) is 4.98 Å². The number of nitrogens with zero attached hydrogens (tertiary/aromatic N) is 1. The number of carbonyl (C=O) groups excluding carboxylic acids is 1. The third-order valence-corrected chi connectivity index (χ3v) is 4.10. The lowest BCUT2D eigenvalue weighted by Crippen LogP contribution is -2.13. The summed E-state index contributed by atoms with van der Waals surface area (Å²) in [6, 6.07) is 8.81. The topological polar surface area (TPSA) is 42.0 Å². The van der Waals surface area contributed by atoms with E-state index in [4.69, 9.17) is 11.6 Å². The number of nitrogens with one attached hydrogen (secondary N) is 1. The summed E-state index contributed by atoms with van der Waals surface area (Å²) in [5, 5.41) is 3.08. The number of aromatic nitrogens is 1. The molecule has 3 nitrogen and oxygen atoms in total. The van der Waals surface area contributed by atoms with Gasteiger partial charge in [0.1, 0.15) is 5.82 Å². The Labute approximate surface area is 131 Å². The molecule has 0 aliphatic rings. The van der Waals surface area contributed by atoms with Crippen molar-refractivity contribution in [3.05, 3.63) is 55.2 Å². The molecule has 0 aliphatic heterocycles. The van der Waals surface area contributed by atoms with E-state index < -0.39 is 0 Å². The van der Waals surface area contributed by atoms with E-state index in [-0.39, 0.29) is 5.91 Å². The fourth-order valence-corrected chi connectivity index (χ4v) is 2.21. The minimum absolute atomic E-state index is 0.282. The maximum absolute atomic E-state index is 12.0. The predicted molar refractivity (Wildman–Crippen MR) is 84.1 cm³/mol. The molecule has 1 amide bonds. The van der Waals surface area contributed by atoms with Gasteiger partial charge in [-0.15, -0.1) is 0 Å². The molecule has 0 saturated heterocycles. The Bertz CT molecular complexity index is 589. The Morgan fingerprint density at radius 1 is 1.33 bits per heavy atom. The molecule has 0 saturated carbocycles. The zero-order valence-corrected chi connectivity index (χ0v) is 13.5. The Hall–Kier alpha value is -0.660. The fourth-order valence-electron chi connectivity index (χ4n) is 1.31. The van der Waals surface area contributed by atoms with Gasteiger partial charge in [-0.2, -0.15) is 0 Å². The van der Waals surface area contributed by atoms with E-state index in [1.165, 1.54) is 0 Å². The molecule has 92 valence electrons. The largest absolute Gasteiger partial charge is 0.307 e. The Morgan fingerprint density at radius 2 is 2.11 bits per heavy atom. The molecule has 1 heterocycles. The highest BCUT2D eigenvalue weighted by molar-refractivity contribution is 14.1. The molecule has 0 radical (unpaired) electrons. The second-order valence-corrected chi connectivity index (χ2v) is 5.90. The fraction of sp³-hybridized carbons (Fsp3) is 0. The molecule has 1 N–H and O–H groups in total. The predicted octanol–water partition coefficient (Wildman–Crippen LogP) is 4.35. The molecule has 0 spiro atoms. The normalized spacial score (nSPS) is 10.2. The highest BCUT2D eigenvalue weighted by Gasteiger charge is 2.12. The zero-order valence-electron chi connectivity index (χ0n) is 8.95. The second kappa shape index (κ2) is 5.99. The Kier molecular flexibility index (Phi) is 4.58. The number of rotatable bonds is 2. The number of benzene rings is 1. The van der Waals surface area contributed by atoms with Gasteiger partial charge in [0.25, 0.3) is 5.91 Å². The van der Waals surface area contributed by atoms with Crippen molar-refractivity contribution in [2.24, 2.45) is 0 Å². The first-order valence-corrected chi connectivity index (χ1v) is 7.20. The van der Waals surface area contributed by atoms with Crippen LogP contribution in [0, 0.1) is 3.57 Å². The van der Waals surface area contributed by atoms with Crippen molar-refractivity contribution >= 4 is 61.8 Å². The van der Waals surface area contributed by atoms with Gasteiger partial charge in [0.15, 0.2) is 0 Å². The molecule has 0 fully saturated rings. The first-order valence-electron chi connectivity index (χ1n) is 4.95. The van der Waals surface area contributed by atoms with E-state index in [0.717, 1.165) is 3.57 Å². The maximum atomic E-state index is 12.0. The zero-order chi connectivity index (χ0) is 13.1. The SMILES string of the molecule is O=C(Nc1ccc(I)cn1)c1cccc(Br)c1Cl. The van der Waals surface area contributed by atoms with Crippen molar-refractivity contribution in [2.45, 2.75) is 0 Å². The third kappa shape index (κ3) is 3.21. The highest BCUT2D eigenvalue weighted by Crippen LogP contribution is 2.26. The average Bonchev–Trinajstić information content (AvgIpc) is 2.35. The molecule has 18 heavy (non-hydrogen) atoms. The van der Waals surface area contributed by atoms with Gasteiger partial charge in [-0.3, -0.25) is 4.79 Å². The molecule has 2 rings (SSSR count). The summed E-state index contributed by atoms with van der Waals surface area (Å²) < 4.78 is 1.69. The summed E-state index contributed by atoms with van der Waals surface area (Å²) >= 11 is 11.5. The Balaban J connectivity index is 2.22. The minimum atomic E-state index is -0.282. The van der Waals surface area contributed by atoms with Crippen LogP contribution in [0.25, 0.3) is 0 Å². The van der Waals surface area contributed by atoms with Gasteiger partial charge >= 0.3 is 0 Å². The van der Waals surface area contributed by atoms with Crippen LogP contribution in [0.5, 0.6) is 0 Å². The average molecular weight is 437 g/mol. The molecule has 1 aromatic heterocycles. The van der Waals surface area contributed by atoms with Crippen LogP contribution in [0.4, 0.5) is 5.82 Å². The van der Waals surface area contributed by atoms with Crippen molar-refractivity contribution in [2.75, 3.05) is 5.32 Å². The van der Waals surface area contributed by atoms with Crippen molar-refractivity contribution < 1.29 is 4.79 Å². The lowest BCUT2D eigenvalue weighted by molar-refractivity contribution is 0.102. The van der Waals surface area contributed by atoms with Crippen LogP contribution in [-0.2, 0) is 0 Å². The number of halogens is 3. The van der Waals surface area contributed by atoms with E-state index in [1.807, 2.05) is 6.07 Å². The van der Waals surface area contributed by atoms with Gasteiger partial charge in [-0.05, 0) is 62.8 Å². The summed E-state index contributed by atoms with van der Waals surface area (Å²) in [5.41, 5.74) is 0.409. The first kappa shape index (κ1) is 13.8. The van der Waals surface area contributed by atoms with Crippen molar-refractivity contribution in [1.82, 2.24) is 4.98 Å². The van der Waals surface area contributed by atoms with Crippen molar-refractivity contribution in [3.8, 4) is 0 Å². The summed E-state index contributed by atoms with van der Waals surface area (Å²) in [6.45, 7) is 0. The van der Waals surface area contributed by atoms with E-state index in [0.29, 0.717) is 20.9 Å². The van der Waals surface area contributed by atoms with Crippen LogP contribution in [0.1, 0.15) is 10.4 Å². The van der Waals surface area contributed by atoms with Crippen molar-refractivity contribution in [3.63, 3.8) is 0 Å². The molecule has 2 aromatic rings. The summed E-state index contributed by atoms with van der Waals surface area (Å²) in [7, 11) is 0. The third-order valence-electron chi connectivity index (χ3n) is 2.17. The Morgan fingerprint density at radius 3 is 2.78 bits per heavy atom. The highest BCUT2D eigenvalue weighted by atomic mass is 127. The van der Waals surface area contributed by atoms with E-state index in [2.05, 4.69) is 48.8 Å². The number of amides is 1. The maximum Gasteiger partial charge on any atom is 0.258 e. The standard InChI is InChI=1S/C12H7BrClIN2O/c13-9-3-1-2-8(11(9)14)12(18)17-10-5-4-7(15)6-16-10/h1-6H,(H,16,17,18). The number of pyridine rings is 1. The first-order chi connectivity index (χ1) is 8.58. The van der Waals surface area contributed by atoms with Crippen LogP contribution in [0.15, 0.2) is 41.0 Å². The molecule has 0 bridgehead atoms. The van der Waals surface area contributed by atoms with Gasteiger partial charge < -0.3 is 5.32 Å².